The zero-order valence-electron chi connectivity index (χ0n) is 9.95. The van der Waals surface area contributed by atoms with Crippen molar-refractivity contribution in [3.05, 3.63) is 24.8 Å². The summed E-state index contributed by atoms with van der Waals surface area (Å²) in [5.41, 5.74) is 0.413. The van der Waals surface area contributed by atoms with E-state index in [1.165, 1.54) is 7.11 Å². The summed E-state index contributed by atoms with van der Waals surface area (Å²) >= 11 is 0. The first-order chi connectivity index (χ1) is 7.49. The fraction of sp³-hybridized carbons (Fsp3) is 0.455. The van der Waals surface area contributed by atoms with Crippen molar-refractivity contribution in [1.82, 2.24) is 0 Å². The monoisotopic (exact) mass is 230 g/mol. The third kappa shape index (κ3) is 12.4. The van der Waals surface area contributed by atoms with Gasteiger partial charge in [0.25, 0.3) is 0 Å². The highest BCUT2D eigenvalue weighted by Gasteiger charge is 2.00. The van der Waals surface area contributed by atoms with Crippen LogP contribution >= 0.6 is 0 Å². The third-order valence-corrected chi connectivity index (χ3v) is 1.24. The molecule has 5 nitrogen and oxygen atoms in total. The van der Waals surface area contributed by atoms with Crippen LogP contribution in [0.25, 0.3) is 0 Å². The van der Waals surface area contributed by atoms with Crippen molar-refractivity contribution >= 4 is 11.9 Å². The predicted octanol–water partition coefficient (Wildman–Crippen LogP) is 1.10. The molecular formula is C11H18O5. The molecule has 0 N–H and O–H groups in total. The Labute approximate surface area is 95.7 Å². The van der Waals surface area contributed by atoms with Gasteiger partial charge in [-0.1, -0.05) is 13.2 Å². The Bertz CT molecular complexity index is 245. The van der Waals surface area contributed by atoms with E-state index in [2.05, 4.69) is 27.4 Å². The van der Waals surface area contributed by atoms with Gasteiger partial charge in [-0.15, -0.1) is 0 Å². The number of hydrogen-bond acceptors (Lipinski definition) is 5. The SMILES string of the molecule is C=C(C)C(=O)OCCOC.C=CC(=O)OC. The maximum atomic E-state index is 10.6. The Morgan fingerprint density at radius 1 is 1.25 bits per heavy atom. The predicted molar refractivity (Wildman–Crippen MR) is 59.9 cm³/mol. The number of ether oxygens (including phenoxy) is 3. The van der Waals surface area contributed by atoms with Crippen LogP contribution in [0.2, 0.25) is 0 Å². The van der Waals surface area contributed by atoms with Gasteiger partial charge in [0.05, 0.1) is 13.7 Å². The van der Waals surface area contributed by atoms with E-state index in [0.717, 1.165) is 6.08 Å². The van der Waals surface area contributed by atoms with E-state index in [1.54, 1.807) is 14.0 Å². The van der Waals surface area contributed by atoms with Gasteiger partial charge in [0.15, 0.2) is 0 Å². The lowest BCUT2D eigenvalue weighted by Crippen LogP contribution is -2.09. The second-order valence-corrected chi connectivity index (χ2v) is 2.64. The number of methoxy groups -OCH3 is 2. The molecule has 0 aliphatic heterocycles. The van der Waals surface area contributed by atoms with E-state index in [0.29, 0.717) is 18.8 Å². The Kier molecular flexibility index (Phi) is 12.0. The van der Waals surface area contributed by atoms with Crippen LogP contribution in [0.1, 0.15) is 6.92 Å². The zero-order valence-corrected chi connectivity index (χ0v) is 9.95. The summed E-state index contributed by atoms with van der Waals surface area (Å²) in [4.78, 5) is 20.5. The molecule has 5 heteroatoms. The van der Waals surface area contributed by atoms with Gasteiger partial charge in [0.1, 0.15) is 6.61 Å². The van der Waals surface area contributed by atoms with Crippen LogP contribution in [-0.4, -0.2) is 39.4 Å². The first kappa shape index (κ1) is 16.8. The van der Waals surface area contributed by atoms with Crippen molar-refractivity contribution in [2.45, 2.75) is 6.92 Å². The minimum Gasteiger partial charge on any atom is -0.466 e. The molecule has 0 fully saturated rings. The average molecular weight is 230 g/mol. The summed E-state index contributed by atoms with van der Waals surface area (Å²) in [5, 5.41) is 0. The Morgan fingerprint density at radius 3 is 2.06 bits per heavy atom. The van der Waals surface area contributed by atoms with Crippen LogP contribution in [0, 0.1) is 0 Å². The smallest absolute Gasteiger partial charge is 0.333 e. The fourth-order valence-electron chi connectivity index (χ4n) is 0.424. The second kappa shape index (κ2) is 11.5. The van der Waals surface area contributed by atoms with E-state index in [1.807, 2.05) is 0 Å². The first-order valence-electron chi connectivity index (χ1n) is 4.51. The number of carbonyl (C=O) groups excluding carboxylic acids is 2. The Hall–Kier alpha value is -1.62. The van der Waals surface area contributed by atoms with Crippen molar-refractivity contribution in [3.8, 4) is 0 Å². The van der Waals surface area contributed by atoms with Gasteiger partial charge in [-0.3, -0.25) is 0 Å². The summed E-state index contributed by atoms with van der Waals surface area (Å²) in [6, 6.07) is 0. The van der Waals surface area contributed by atoms with Crippen molar-refractivity contribution in [2.75, 3.05) is 27.4 Å². The average Bonchev–Trinajstić information content (AvgIpc) is 2.28. The first-order valence-corrected chi connectivity index (χ1v) is 4.51. The summed E-state index contributed by atoms with van der Waals surface area (Å²) in [6.45, 7) is 8.91. The van der Waals surface area contributed by atoms with Crippen molar-refractivity contribution in [3.63, 3.8) is 0 Å². The van der Waals surface area contributed by atoms with Crippen LogP contribution in [0.15, 0.2) is 24.8 Å². The van der Waals surface area contributed by atoms with Crippen LogP contribution in [-0.2, 0) is 23.8 Å². The normalized spacial score (nSPS) is 8.19. The molecule has 0 saturated carbocycles. The lowest BCUT2D eigenvalue weighted by molar-refractivity contribution is -0.140. The molecule has 0 rings (SSSR count). The van der Waals surface area contributed by atoms with E-state index in [9.17, 15) is 9.59 Å². The molecule has 0 aliphatic carbocycles. The molecule has 92 valence electrons. The van der Waals surface area contributed by atoms with Crippen molar-refractivity contribution < 1.29 is 23.8 Å². The maximum absolute atomic E-state index is 10.6. The molecule has 0 amide bonds. The lowest BCUT2D eigenvalue weighted by Gasteiger charge is -2.01. The standard InChI is InChI=1S/C7H12O3.C4H6O2/c1-6(2)7(8)10-5-4-9-3;1-3-4(5)6-2/h1,4-5H2,2-3H3;3H,1H2,2H3. The molecule has 0 bridgehead atoms. The molecule has 0 aliphatic rings. The molecule has 0 spiro atoms. The summed E-state index contributed by atoms with van der Waals surface area (Å²) in [6.07, 6.45) is 1.11. The summed E-state index contributed by atoms with van der Waals surface area (Å²) in [5.74, 6) is -0.757. The largest absolute Gasteiger partial charge is 0.466 e. The lowest BCUT2D eigenvalue weighted by atomic mass is 10.4. The van der Waals surface area contributed by atoms with E-state index < -0.39 is 5.97 Å². The minimum atomic E-state index is -0.394. The van der Waals surface area contributed by atoms with Crippen molar-refractivity contribution in [2.24, 2.45) is 0 Å². The molecule has 0 saturated heterocycles. The minimum absolute atomic E-state index is 0.294. The summed E-state index contributed by atoms with van der Waals surface area (Å²) < 4.78 is 13.5. The van der Waals surface area contributed by atoms with E-state index in [4.69, 9.17) is 0 Å². The Morgan fingerprint density at radius 2 is 1.81 bits per heavy atom. The van der Waals surface area contributed by atoms with Crippen LogP contribution in [0.3, 0.4) is 0 Å². The highest BCUT2D eigenvalue weighted by Crippen LogP contribution is 1.90. The van der Waals surface area contributed by atoms with Crippen molar-refractivity contribution in [1.29, 1.82) is 0 Å². The molecular weight excluding hydrogens is 212 g/mol. The molecule has 0 unspecified atom stereocenters. The molecule has 16 heavy (non-hydrogen) atoms. The molecule has 0 radical (unpaired) electrons. The highest BCUT2D eigenvalue weighted by molar-refractivity contribution is 5.86. The zero-order chi connectivity index (χ0) is 13.0. The molecule has 0 aromatic carbocycles. The van der Waals surface area contributed by atoms with E-state index in [-0.39, 0.29) is 5.97 Å². The van der Waals surface area contributed by atoms with Gasteiger partial charge in [0.2, 0.25) is 0 Å². The fourth-order valence-corrected chi connectivity index (χ4v) is 0.424. The van der Waals surface area contributed by atoms with Gasteiger partial charge in [0, 0.05) is 18.8 Å². The van der Waals surface area contributed by atoms with Gasteiger partial charge >= 0.3 is 11.9 Å². The Balaban J connectivity index is 0. The maximum Gasteiger partial charge on any atom is 0.333 e. The van der Waals surface area contributed by atoms with Crippen LogP contribution in [0.5, 0.6) is 0 Å². The molecule has 0 aromatic rings. The molecule has 0 atom stereocenters. The quantitative estimate of drug-likeness (QED) is 0.402. The van der Waals surface area contributed by atoms with Gasteiger partial charge in [-0.2, -0.15) is 0 Å². The summed E-state index contributed by atoms with van der Waals surface area (Å²) in [7, 11) is 2.86. The molecule has 0 heterocycles. The number of rotatable bonds is 5. The van der Waals surface area contributed by atoms with Crippen LogP contribution in [0.4, 0.5) is 0 Å². The number of hydrogen-bond donors (Lipinski definition) is 0. The highest BCUT2D eigenvalue weighted by atomic mass is 16.6. The number of esters is 2. The van der Waals surface area contributed by atoms with E-state index >= 15 is 0 Å². The van der Waals surface area contributed by atoms with Gasteiger partial charge < -0.3 is 14.2 Å². The molecule has 0 aromatic heterocycles. The second-order valence-electron chi connectivity index (χ2n) is 2.64. The number of carbonyl (C=O) groups is 2. The topological polar surface area (TPSA) is 61.8 Å². The van der Waals surface area contributed by atoms with Gasteiger partial charge in [-0.25, -0.2) is 9.59 Å². The van der Waals surface area contributed by atoms with Crippen LogP contribution < -0.4 is 0 Å². The van der Waals surface area contributed by atoms with Gasteiger partial charge in [-0.05, 0) is 6.92 Å². The third-order valence-electron chi connectivity index (χ3n) is 1.24.